The number of rotatable bonds is 9. The van der Waals surface area contributed by atoms with Gasteiger partial charge in [-0.15, -0.1) is 0 Å². The smallest absolute Gasteiger partial charge is 0.220 e. The topological polar surface area (TPSA) is 50.8 Å². The first-order valence-electron chi connectivity index (χ1n) is 13.0. The number of carbonyl (C=O) groups is 1. The molecule has 1 fully saturated rings. The summed E-state index contributed by atoms with van der Waals surface area (Å²) in [5, 5.41) is 3.29. The van der Waals surface area contributed by atoms with Crippen LogP contribution in [0.5, 0.6) is 0 Å². The quantitative estimate of drug-likeness (QED) is 0.414. The molecular formula is C29H42N2O3. The third-order valence-corrected chi connectivity index (χ3v) is 8.28. The molecule has 2 aliphatic carbocycles. The van der Waals surface area contributed by atoms with Crippen LogP contribution in [-0.2, 0) is 19.7 Å². The van der Waals surface area contributed by atoms with Gasteiger partial charge >= 0.3 is 0 Å². The van der Waals surface area contributed by atoms with Crippen molar-refractivity contribution < 1.29 is 14.3 Å². The number of amides is 1. The zero-order chi connectivity index (χ0) is 24.1. The van der Waals surface area contributed by atoms with Gasteiger partial charge < -0.3 is 14.8 Å². The zero-order valence-corrected chi connectivity index (χ0v) is 21.3. The Hall–Kier alpha value is -1.95. The number of nitrogens with one attached hydrogen (secondary N) is 1. The van der Waals surface area contributed by atoms with Crippen LogP contribution in [-0.4, -0.2) is 56.9 Å². The minimum Gasteiger partial charge on any atom is -0.382 e. The molecule has 1 aromatic carbocycles. The van der Waals surface area contributed by atoms with E-state index in [0.717, 1.165) is 38.9 Å². The largest absolute Gasteiger partial charge is 0.382 e. The van der Waals surface area contributed by atoms with E-state index in [1.165, 1.54) is 29.5 Å². The Morgan fingerprint density at radius 1 is 1.24 bits per heavy atom. The summed E-state index contributed by atoms with van der Waals surface area (Å²) in [6.45, 7) is 12.5. The number of methoxy groups -OCH3 is 1. The summed E-state index contributed by atoms with van der Waals surface area (Å²) in [5.41, 5.74) is 5.42. The van der Waals surface area contributed by atoms with Crippen LogP contribution in [0.15, 0.2) is 48.1 Å². The molecule has 1 aromatic rings. The van der Waals surface area contributed by atoms with E-state index < -0.39 is 0 Å². The number of nitrogens with zero attached hydrogens (tertiary/aromatic N) is 1. The molecule has 34 heavy (non-hydrogen) atoms. The van der Waals surface area contributed by atoms with Crippen molar-refractivity contribution in [2.75, 3.05) is 40.0 Å². The minimum atomic E-state index is -0.104. The Balaban J connectivity index is 1.50. The molecule has 1 spiro atoms. The number of piperidine rings is 1. The van der Waals surface area contributed by atoms with Crippen molar-refractivity contribution in [2.24, 2.45) is 5.92 Å². The molecule has 3 aliphatic rings. The molecule has 5 nitrogen and oxygen atoms in total. The van der Waals surface area contributed by atoms with Crippen molar-refractivity contribution in [3.05, 3.63) is 59.2 Å². The average Bonchev–Trinajstić information content (AvgIpc) is 3.10. The van der Waals surface area contributed by atoms with Gasteiger partial charge in [-0.2, -0.15) is 0 Å². The monoisotopic (exact) mass is 466 g/mol. The number of benzene rings is 1. The van der Waals surface area contributed by atoms with Gasteiger partial charge in [-0.25, -0.2) is 0 Å². The molecule has 1 saturated heterocycles. The van der Waals surface area contributed by atoms with E-state index in [2.05, 4.69) is 54.1 Å². The maximum absolute atomic E-state index is 12.5. The van der Waals surface area contributed by atoms with Gasteiger partial charge in [0, 0.05) is 25.5 Å². The van der Waals surface area contributed by atoms with Crippen molar-refractivity contribution in [1.29, 1.82) is 0 Å². The lowest BCUT2D eigenvalue weighted by molar-refractivity contribution is -0.124. The number of carbonyl (C=O) groups excluding carboxylic acids is 1. The van der Waals surface area contributed by atoms with E-state index in [0.29, 0.717) is 25.6 Å². The number of ether oxygens (including phenoxy) is 2. The van der Waals surface area contributed by atoms with Gasteiger partial charge in [0.15, 0.2) is 0 Å². The average molecular weight is 467 g/mol. The molecule has 1 amide bonds. The highest BCUT2D eigenvalue weighted by Crippen LogP contribution is 2.52. The molecule has 0 bridgehead atoms. The standard InChI is InChI=1S/C29H42N2O3/c1-5-26(32)30-27-24-8-6-7-9-25(24)29(28(27)34-19-18-33-4)14-16-31(17-15-29)20-22-10-12-23(13-11-22)21(2)3/h6-10,23,27-28H,2,5,11-20H2,1,3-4H3,(H,30,32)/t23-,27-,28+/m1/s1. The van der Waals surface area contributed by atoms with E-state index in [9.17, 15) is 4.79 Å². The predicted molar refractivity (Wildman–Crippen MR) is 137 cm³/mol. The van der Waals surface area contributed by atoms with Crippen LogP contribution in [0, 0.1) is 5.92 Å². The molecule has 5 heteroatoms. The summed E-state index contributed by atoms with van der Waals surface area (Å²) in [6, 6.07) is 8.55. The first-order chi connectivity index (χ1) is 16.5. The summed E-state index contributed by atoms with van der Waals surface area (Å²) < 4.78 is 11.8. The number of likely N-dealkylation sites (tertiary alicyclic amines) is 1. The fraction of sp³-hybridized carbons (Fsp3) is 0.621. The molecule has 1 N–H and O–H groups in total. The summed E-state index contributed by atoms with van der Waals surface area (Å²) >= 11 is 0. The molecule has 0 aromatic heterocycles. The number of allylic oxidation sites excluding steroid dienone is 2. The fourth-order valence-corrected chi connectivity index (χ4v) is 6.23. The molecule has 0 unspecified atom stereocenters. The molecule has 4 rings (SSSR count). The van der Waals surface area contributed by atoms with Gasteiger partial charge in [0.1, 0.15) is 0 Å². The van der Waals surface area contributed by atoms with Gasteiger partial charge in [-0.05, 0) is 69.2 Å². The number of hydrogen-bond acceptors (Lipinski definition) is 4. The van der Waals surface area contributed by atoms with Crippen LogP contribution >= 0.6 is 0 Å². The Morgan fingerprint density at radius 3 is 2.65 bits per heavy atom. The van der Waals surface area contributed by atoms with E-state index in [-0.39, 0.29) is 23.5 Å². The Morgan fingerprint density at radius 2 is 2.00 bits per heavy atom. The lowest BCUT2D eigenvalue weighted by Gasteiger charge is -2.45. The van der Waals surface area contributed by atoms with Crippen LogP contribution in [0.1, 0.15) is 69.5 Å². The van der Waals surface area contributed by atoms with Gasteiger partial charge in [0.05, 0.1) is 25.4 Å². The summed E-state index contributed by atoms with van der Waals surface area (Å²) in [5.74, 6) is 0.732. The first kappa shape index (κ1) is 25.2. The van der Waals surface area contributed by atoms with Crippen molar-refractivity contribution in [2.45, 2.75) is 69.9 Å². The Bertz CT molecular complexity index is 900. The lowest BCUT2D eigenvalue weighted by Crippen LogP contribution is -2.51. The SMILES string of the molecule is C=C(C)[C@@H]1CC=C(CN2CCC3(CC2)c2ccccc2[C@@H](NC(=O)CC)[C@@H]3OCCOC)CC1. The molecule has 1 aliphatic heterocycles. The van der Waals surface area contributed by atoms with Gasteiger partial charge in [0.25, 0.3) is 0 Å². The highest BCUT2D eigenvalue weighted by molar-refractivity contribution is 5.76. The Kier molecular flexibility index (Phi) is 8.28. The van der Waals surface area contributed by atoms with Gasteiger partial charge in [-0.3, -0.25) is 9.69 Å². The maximum Gasteiger partial charge on any atom is 0.220 e. The highest BCUT2D eigenvalue weighted by atomic mass is 16.5. The van der Waals surface area contributed by atoms with Gasteiger partial charge in [0.2, 0.25) is 5.91 Å². The second-order valence-electron chi connectivity index (χ2n) is 10.4. The number of fused-ring (bicyclic) bond motifs is 2. The number of hydrogen-bond donors (Lipinski definition) is 1. The van der Waals surface area contributed by atoms with Crippen LogP contribution in [0.2, 0.25) is 0 Å². The van der Waals surface area contributed by atoms with E-state index in [1.807, 2.05) is 6.92 Å². The maximum atomic E-state index is 12.5. The lowest BCUT2D eigenvalue weighted by atomic mass is 9.71. The van der Waals surface area contributed by atoms with Crippen LogP contribution in [0.4, 0.5) is 0 Å². The second-order valence-corrected chi connectivity index (χ2v) is 10.4. The van der Waals surface area contributed by atoms with Crippen molar-refractivity contribution in [1.82, 2.24) is 10.2 Å². The second kappa shape index (κ2) is 11.2. The Labute approximate surface area is 205 Å². The molecule has 0 saturated carbocycles. The molecule has 0 radical (unpaired) electrons. The van der Waals surface area contributed by atoms with Crippen molar-refractivity contribution >= 4 is 5.91 Å². The molecular weight excluding hydrogens is 424 g/mol. The molecule has 3 atom stereocenters. The third kappa shape index (κ3) is 5.17. The van der Waals surface area contributed by atoms with E-state index in [4.69, 9.17) is 9.47 Å². The summed E-state index contributed by atoms with van der Waals surface area (Å²) in [4.78, 5) is 15.1. The summed E-state index contributed by atoms with van der Waals surface area (Å²) in [6.07, 6.45) is 8.53. The first-order valence-corrected chi connectivity index (χ1v) is 13.0. The normalized spacial score (nSPS) is 26.2. The van der Waals surface area contributed by atoms with Crippen LogP contribution < -0.4 is 5.32 Å². The van der Waals surface area contributed by atoms with E-state index >= 15 is 0 Å². The van der Waals surface area contributed by atoms with Crippen LogP contribution in [0.25, 0.3) is 0 Å². The highest BCUT2D eigenvalue weighted by Gasteiger charge is 2.54. The van der Waals surface area contributed by atoms with Gasteiger partial charge in [-0.1, -0.05) is 55.0 Å². The third-order valence-electron chi connectivity index (χ3n) is 8.28. The van der Waals surface area contributed by atoms with Crippen LogP contribution in [0.3, 0.4) is 0 Å². The van der Waals surface area contributed by atoms with Crippen molar-refractivity contribution in [3.63, 3.8) is 0 Å². The fourth-order valence-electron chi connectivity index (χ4n) is 6.23. The molecule has 1 heterocycles. The van der Waals surface area contributed by atoms with E-state index in [1.54, 1.807) is 12.7 Å². The summed E-state index contributed by atoms with van der Waals surface area (Å²) in [7, 11) is 1.70. The minimum absolute atomic E-state index is 0.0667. The predicted octanol–water partition coefficient (Wildman–Crippen LogP) is 4.94. The molecule has 186 valence electrons. The zero-order valence-electron chi connectivity index (χ0n) is 21.3. The van der Waals surface area contributed by atoms with Crippen molar-refractivity contribution in [3.8, 4) is 0 Å².